The summed E-state index contributed by atoms with van der Waals surface area (Å²) in [6, 6.07) is 5.27. The highest BCUT2D eigenvalue weighted by Gasteiger charge is 2.21. The van der Waals surface area contributed by atoms with Crippen molar-refractivity contribution in [2.75, 3.05) is 38.8 Å². The lowest BCUT2D eigenvalue weighted by Gasteiger charge is -2.29. The molecule has 4 nitrogen and oxygen atoms in total. The zero-order valence-corrected chi connectivity index (χ0v) is 12.1. The molecule has 2 N–H and O–H groups in total. The Kier molecular flexibility index (Phi) is 6.67. The number of aliphatic hydroxyl groups excluding tert-OH is 1. The molecule has 0 bridgehead atoms. The third kappa shape index (κ3) is 4.05. The summed E-state index contributed by atoms with van der Waals surface area (Å²) < 4.78 is 30.8. The Bertz CT molecular complexity index is 416. The van der Waals surface area contributed by atoms with Crippen molar-refractivity contribution in [2.24, 2.45) is 0 Å². The second-order valence-electron chi connectivity index (χ2n) is 4.46. The van der Waals surface area contributed by atoms with Gasteiger partial charge in [0, 0.05) is 23.8 Å². The molecule has 6 heteroatoms. The number of aliphatic hydroxyl groups is 1. The van der Waals surface area contributed by atoms with Gasteiger partial charge in [0.2, 0.25) is 0 Å². The van der Waals surface area contributed by atoms with E-state index in [0.29, 0.717) is 11.4 Å². The van der Waals surface area contributed by atoms with Gasteiger partial charge in [-0.3, -0.25) is 0 Å². The normalized spacial score (nSPS) is 12.6. The van der Waals surface area contributed by atoms with Crippen molar-refractivity contribution >= 4 is 5.69 Å². The molecule has 0 spiro atoms. The fraction of sp³-hybridized carbons (Fsp3) is 0.571. The van der Waals surface area contributed by atoms with Crippen molar-refractivity contribution in [3.05, 3.63) is 23.8 Å². The molecule has 0 aliphatic carbocycles. The van der Waals surface area contributed by atoms with Crippen molar-refractivity contribution in [2.45, 2.75) is 19.4 Å². The van der Waals surface area contributed by atoms with Crippen molar-refractivity contribution in [1.29, 1.82) is 0 Å². The van der Waals surface area contributed by atoms with Crippen LogP contribution in [0.4, 0.5) is 14.5 Å². The Morgan fingerprint density at radius 3 is 2.60 bits per heavy atom. The summed E-state index contributed by atoms with van der Waals surface area (Å²) in [5, 5.41) is 12.2. The highest BCUT2D eigenvalue weighted by molar-refractivity contribution is 5.61. The second kappa shape index (κ2) is 8.01. The van der Waals surface area contributed by atoms with E-state index in [1.54, 1.807) is 32.4 Å². The molecule has 1 atom stereocenters. The van der Waals surface area contributed by atoms with Crippen LogP contribution in [-0.2, 0) is 0 Å². The smallest absolute Gasteiger partial charge is 0.255 e. The molecule has 0 radical (unpaired) electrons. The molecule has 0 heterocycles. The summed E-state index contributed by atoms with van der Waals surface area (Å²) in [6.07, 6.45) is -2.47. The maximum absolute atomic E-state index is 12.7. The minimum Gasteiger partial charge on any atom is -0.496 e. The highest BCUT2D eigenvalue weighted by atomic mass is 19.3. The predicted molar refractivity (Wildman–Crippen MR) is 75.8 cm³/mol. The number of ether oxygens (including phenoxy) is 1. The van der Waals surface area contributed by atoms with E-state index in [-0.39, 0.29) is 19.2 Å². The molecule has 0 fully saturated rings. The highest BCUT2D eigenvalue weighted by Crippen LogP contribution is 2.34. The Labute approximate surface area is 118 Å². The zero-order chi connectivity index (χ0) is 15.1. The van der Waals surface area contributed by atoms with Crippen LogP contribution in [-0.4, -0.2) is 45.4 Å². The summed E-state index contributed by atoms with van der Waals surface area (Å²) in [6.45, 7) is 1.48. The maximum atomic E-state index is 12.7. The first-order chi connectivity index (χ1) is 9.54. The van der Waals surface area contributed by atoms with Crippen molar-refractivity contribution in [3.63, 3.8) is 0 Å². The number of nitrogens with zero attached hydrogens (tertiary/aromatic N) is 1. The maximum Gasteiger partial charge on any atom is 0.255 e. The van der Waals surface area contributed by atoms with Crippen molar-refractivity contribution < 1.29 is 18.6 Å². The van der Waals surface area contributed by atoms with Gasteiger partial charge in [-0.1, -0.05) is 6.07 Å². The van der Waals surface area contributed by atoms with E-state index in [0.717, 1.165) is 5.56 Å². The van der Waals surface area contributed by atoms with Crippen LogP contribution in [0, 0.1) is 0 Å². The molecule has 1 aromatic carbocycles. The van der Waals surface area contributed by atoms with E-state index in [4.69, 9.17) is 9.84 Å². The number of nitrogens with one attached hydrogen (secondary N) is 1. The summed E-state index contributed by atoms with van der Waals surface area (Å²) >= 11 is 0. The van der Waals surface area contributed by atoms with E-state index in [9.17, 15) is 8.78 Å². The first-order valence-corrected chi connectivity index (χ1v) is 6.53. The molecule has 0 aliphatic heterocycles. The van der Waals surface area contributed by atoms with E-state index in [1.165, 1.54) is 4.90 Å². The molecular formula is C14H22F2N2O2. The summed E-state index contributed by atoms with van der Waals surface area (Å²) in [5.41, 5.74) is 1.46. The molecule has 0 amide bonds. The Hall–Kier alpha value is -1.40. The van der Waals surface area contributed by atoms with E-state index in [2.05, 4.69) is 5.32 Å². The van der Waals surface area contributed by atoms with Crippen LogP contribution >= 0.6 is 0 Å². The number of hydrogen-bond donors (Lipinski definition) is 2. The van der Waals surface area contributed by atoms with E-state index >= 15 is 0 Å². The SMILES string of the molecule is CNC(C)c1c(OC)cccc1N(CCO)CC(F)F. The molecule has 1 rings (SSSR count). The molecule has 0 aromatic heterocycles. The minimum atomic E-state index is -2.47. The third-order valence-electron chi connectivity index (χ3n) is 3.20. The van der Waals surface area contributed by atoms with Crippen LogP contribution in [0.1, 0.15) is 18.5 Å². The van der Waals surface area contributed by atoms with Crippen LogP contribution in [0.3, 0.4) is 0 Å². The Morgan fingerprint density at radius 1 is 1.40 bits per heavy atom. The number of rotatable bonds is 8. The molecule has 1 unspecified atom stereocenters. The summed E-state index contributed by atoms with van der Waals surface area (Å²) in [5.74, 6) is 0.640. The lowest BCUT2D eigenvalue weighted by Crippen LogP contribution is -2.33. The molecule has 20 heavy (non-hydrogen) atoms. The average molecular weight is 288 g/mol. The first kappa shape index (κ1) is 16.7. The Morgan fingerprint density at radius 2 is 2.10 bits per heavy atom. The van der Waals surface area contributed by atoms with Crippen molar-refractivity contribution in [1.82, 2.24) is 5.32 Å². The van der Waals surface area contributed by atoms with Crippen LogP contribution in [0.5, 0.6) is 5.75 Å². The molecule has 0 saturated heterocycles. The quantitative estimate of drug-likeness (QED) is 0.768. The van der Waals surface area contributed by atoms with Crippen LogP contribution < -0.4 is 15.0 Å². The van der Waals surface area contributed by atoms with Crippen LogP contribution in [0.2, 0.25) is 0 Å². The first-order valence-electron chi connectivity index (χ1n) is 6.53. The van der Waals surface area contributed by atoms with Gasteiger partial charge >= 0.3 is 0 Å². The van der Waals surface area contributed by atoms with Crippen LogP contribution in [0.25, 0.3) is 0 Å². The minimum absolute atomic E-state index is 0.0555. The fourth-order valence-corrected chi connectivity index (χ4v) is 2.16. The standard InChI is InChI=1S/C14H22F2N2O2/c1-10(17-2)14-11(5-4-6-12(14)20-3)18(7-8-19)9-13(15)16/h4-6,10,13,17,19H,7-9H2,1-3H3. The molecule has 1 aromatic rings. The second-order valence-corrected chi connectivity index (χ2v) is 4.46. The van der Waals surface area contributed by atoms with Gasteiger partial charge in [-0.15, -0.1) is 0 Å². The van der Waals surface area contributed by atoms with E-state index < -0.39 is 13.0 Å². The topological polar surface area (TPSA) is 44.7 Å². The largest absolute Gasteiger partial charge is 0.496 e. The average Bonchev–Trinajstić information content (AvgIpc) is 2.44. The van der Waals surface area contributed by atoms with Crippen molar-refractivity contribution in [3.8, 4) is 5.75 Å². The summed E-state index contributed by atoms with van der Waals surface area (Å²) in [7, 11) is 3.35. The monoisotopic (exact) mass is 288 g/mol. The number of benzene rings is 1. The number of hydrogen-bond acceptors (Lipinski definition) is 4. The Balaban J connectivity index is 3.24. The van der Waals surface area contributed by atoms with Gasteiger partial charge in [0.15, 0.2) is 0 Å². The third-order valence-corrected chi connectivity index (χ3v) is 3.20. The van der Waals surface area contributed by atoms with Gasteiger partial charge in [-0.05, 0) is 26.1 Å². The van der Waals surface area contributed by atoms with E-state index in [1.807, 2.05) is 6.92 Å². The number of halogens is 2. The zero-order valence-electron chi connectivity index (χ0n) is 12.1. The molecular weight excluding hydrogens is 266 g/mol. The van der Waals surface area contributed by atoms with Gasteiger partial charge in [-0.2, -0.15) is 0 Å². The predicted octanol–water partition coefficient (Wildman–Crippen LogP) is 2.04. The van der Waals surface area contributed by atoms with Gasteiger partial charge < -0.3 is 20.1 Å². The molecule has 114 valence electrons. The van der Waals surface area contributed by atoms with Gasteiger partial charge in [0.25, 0.3) is 6.43 Å². The van der Waals surface area contributed by atoms with Gasteiger partial charge in [-0.25, -0.2) is 8.78 Å². The number of alkyl halides is 2. The molecule has 0 saturated carbocycles. The summed E-state index contributed by atoms with van der Waals surface area (Å²) in [4.78, 5) is 1.48. The lowest BCUT2D eigenvalue weighted by molar-refractivity contribution is 0.152. The fourth-order valence-electron chi connectivity index (χ4n) is 2.16. The van der Waals surface area contributed by atoms with Crippen LogP contribution in [0.15, 0.2) is 18.2 Å². The molecule has 0 aliphatic rings. The number of anilines is 1. The van der Waals surface area contributed by atoms with Gasteiger partial charge in [0.05, 0.1) is 20.3 Å². The van der Waals surface area contributed by atoms with Gasteiger partial charge in [0.1, 0.15) is 5.75 Å². The lowest BCUT2D eigenvalue weighted by atomic mass is 10.0. The number of methoxy groups -OCH3 is 1.